The molecule has 1 N–H and O–H groups in total. The van der Waals surface area contributed by atoms with Crippen LogP contribution in [0.3, 0.4) is 0 Å². The van der Waals surface area contributed by atoms with Crippen molar-refractivity contribution in [1.29, 1.82) is 0 Å². The van der Waals surface area contributed by atoms with Crippen LogP contribution in [0.15, 0.2) is 30.3 Å². The lowest BCUT2D eigenvalue weighted by molar-refractivity contribution is -0.139. The molecule has 4 rings (SSSR count). The Labute approximate surface area is 185 Å². The first-order valence-electron chi connectivity index (χ1n) is 11.9. The summed E-state index contributed by atoms with van der Waals surface area (Å²) in [5.74, 6) is 0.542. The minimum Gasteiger partial charge on any atom is -0.354 e. The number of nitrogens with zero attached hydrogens (tertiary/aromatic N) is 2. The van der Waals surface area contributed by atoms with E-state index in [9.17, 15) is 14.4 Å². The molecule has 6 nitrogen and oxygen atoms in total. The Hall–Kier alpha value is -2.37. The van der Waals surface area contributed by atoms with Crippen molar-refractivity contribution in [2.75, 3.05) is 13.1 Å². The van der Waals surface area contributed by atoms with E-state index in [4.69, 9.17) is 0 Å². The molecule has 3 fully saturated rings. The van der Waals surface area contributed by atoms with Crippen LogP contribution in [0.5, 0.6) is 0 Å². The number of piperidine rings is 1. The first-order chi connectivity index (χ1) is 15.0. The average Bonchev–Trinajstić information content (AvgIpc) is 3.18. The summed E-state index contributed by atoms with van der Waals surface area (Å²) in [6.07, 6.45) is 6.56. The Morgan fingerprint density at radius 2 is 1.65 bits per heavy atom. The number of benzene rings is 1. The molecule has 31 heavy (non-hydrogen) atoms. The first kappa shape index (κ1) is 21.8. The van der Waals surface area contributed by atoms with Gasteiger partial charge >= 0.3 is 0 Å². The highest BCUT2D eigenvalue weighted by Gasteiger charge is 2.48. The van der Waals surface area contributed by atoms with Crippen LogP contribution in [-0.2, 0) is 9.59 Å². The molecule has 1 aliphatic carbocycles. The third-order valence-electron chi connectivity index (χ3n) is 7.24. The van der Waals surface area contributed by atoms with Crippen molar-refractivity contribution >= 4 is 17.7 Å². The van der Waals surface area contributed by atoms with Gasteiger partial charge in [0.1, 0.15) is 6.04 Å². The standard InChI is InChI=1S/C25H35N3O3/c1-17(2)26-23(29)18-12-14-27(15-13-18)25(31)22-16-20-10-6-7-11-21(20)28(22)24(30)19-8-4-3-5-9-19/h3-5,8-9,17-18,20-22H,6-7,10-16H2,1-2H3,(H,26,29). The maximum Gasteiger partial charge on any atom is 0.254 e. The topological polar surface area (TPSA) is 69.7 Å². The van der Waals surface area contributed by atoms with Gasteiger partial charge in [-0.15, -0.1) is 0 Å². The number of carbonyl (C=O) groups is 3. The minimum absolute atomic E-state index is 0.0143. The zero-order chi connectivity index (χ0) is 22.0. The van der Waals surface area contributed by atoms with Crippen molar-refractivity contribution in [3.8, 4) is 0 Å². The second kappa shape index (κ2) is 9.41. The Morgan fingerprint density at radius 3 is 2.32 bits per heavy atom. The fraction of sp³-hybridized carbons (Fsp3) is 0.640. The number of hydrogen-bond donors (Lipinski definition) is 1. The van der Waals surface area contributed by atoms with E-state index < -0.39 is 0 Å². The molecule has 2 aliphatic heterocycles. The van der Waals surface area contributed by atoms with Gasteiger partial charge < -0.3 is 15.1 Å². The molecule has 1 aromatic rings. The van der Waals surface area contributed by atoms with Gasteiger partial charge in [-0.25, -0.2) is 0 Å². The van der Waals surface area contributed by atoms with Crippen molar-refractivity contribution in [2.24, 2.45) is 11.8 Å². The van der Waals surface area contributed by atoms with Crippen LogP contribution >= 0.6 is 0 Å². The monoisotopic (exact) mass is 425 g/mol. The molecule has 1 aromatic carbocycles. The summed E-state index contributed by atoms with van der Waals surface area (Å²) in [7, 11) is 0. The van der Waals surface area contributed by atoms with Crippen molar-refractivity contribution in [3.05, 3.63) is 35.9 Å². The summed E-state index contributed by atoms with van der Waals surface area (Å²) in [4.78, 5) is 43.2. The minimum atomic E-state index is -0.373. The molecule has 168 valence electrons. The summed E-state index contributed by atoms with van der Waals surface area (Å²) in [5.41, 5.74) is 0.663. The molecule has 3 atom stereocenters. The highest BCUT2D eigenvalue weighted by molar-refractivity contribution is 5.98. The number of rotatable bonds is 4. The average molecular weight is 426 g/mol. The lowest BCUT2D eigenvalue weighted by Gasteiger charge is -2.37. The van der Waals surface area contributed by atoms with Crippen molar-refractivity contribution < 1.29 is 14.4 Å². The van der Waals surface area contributed by atoms with E-state index in [1.54, 1.807) is 0 Å². The van der Waals surface area contributed by atoms with Crippen LogP contribution in [-0.4, -0.2) is 58.7 Å². The second-order valence-corrected chi connectivity index (χ2v) is 9.70. The predicted octanol–water partition coefficient (Wildman–Crippen LogP) is 3.22. The summed E-state index contributed by atoms with van der Waals surface area (Å²) >= 11 is 0. The van der Waals surface area contributed by atoms with Crippen molar-refractivity contribution in [1.82, 2.24) is 15.1 Å². The Balaban J connectivity index is 1.47. The first-order valence-corrected chi connectivity index (χ1v) is 11.9. The van der Waals surface area contributed by atoms with E-state index in [-0.39, 0.29) is 41.8 Å². The van der Waals surface area contributed by atoms with Crippen LogP contribution in [0.2, 0.25) is 0 Å². The van der Waals surface area contributed by atoms with Crippen LogP contribution < -0.4 is 5.32 Å². The summed E-state index contributed by atoms with van der Waals surface area (Å²) < 4.78 is 0. The molecule has 0 bridgehead atoms. The van der Waals surface area contributed by atoms with Gasteiger partial charge in [0, 0.05) is 36.7 Å². The fourth-order valence-corrected chi connectivity index (χ4v) is 5.68. The molecule has 3 aliphatic rings. The SMILES string of the molecule is CC(C)NC(=O)C1CCN(C(=O)C2CC3CCCCC3N2C(=O)c2ccccc2)CC1. The van der Waals surface area contributed by atoms with Crippen LogP contribution in [0.1, 0.15) is 69.2 Å². The second-order valence-electron chi connectivity index (χ2n) is 9.70. The molecule has 6 heteroatoms. The molecule has 1 saturated carbocycles. The number of fused-ring (bicyclic) bond motifs is 1. The maximum absolute atomic E-state index is 13.6. The lowest BCUT2D eigenvalue weighted by atomic mass is 9.84. The molecule has 0 radical (unpaired) electrons. The van der Waals surface area contributed by atoms with Crippen LogP contribution in [0, 0.1) is 11.8 Å². The summed E-state index contributed by atoms with van der Waals surface area (Å²) in [6.45, 7) is 5.12. The number of hydrogen-bond acceptors (Lipinski definition) is 3. The van der Waals surface area contributed by atoms with E-state index in [0.717, 1.165) is 25.7 Å². The number of amides is 3. The quantitative estimate of drug-likeness (QED) is 0.805. The molecule has 0 aromatic heterocycles. The zero-order valence-corrected chi connectivity index (χ0v) is 18.8. The van der Waals surface area contributed by atoms with E-state index in [1.165, 1.54) is 6.42 Å². The van der Waals surface area contributed by atoms with Crippen molar-refractivity contribution in [2.45, 2.75) is 76.9 Å². The van der Waals surface area contributed by atoms with Gasteiger partial charge in [0.2, 0.25) is 11.8 Å². The molecule has 2 saturated heterocycles. The van der Waals surface area contributed by atoms with E-state index >= 15 is 0 Å². The summed E-state index contributed by atoms with van der Waals surface area (Å²) in [5, 5.41) is 2.99. The maximum atomic E-state index is 13.6. The van der Waals surface area contributed by atoms with E-state index in [1.807, 2.05) is 54.0 Å². The Kier molecular flexibility index (Phi) is 6.63. The molecule has 0 spiro atoms. The van der Waals surface area contributed by atoms with Crippen LogP contribution in [0.4, 0.5) is 0 Å². The normalized spacial score (nSPS) is 26.6. The van der Waals surface area contributed by atoms with Crippen LogP contribution in [0.25, 0.3) is 0 Å². The highest BCUT2D eigenvalue weighted by Crippen LogP contribution is 2.41. The molecule has 3 amide bonds. The number of nitrogens with one attached hydrogen (secondary N) is 1. The largest absolute Gasteiger partial charge is 0.354 e. The lowest BCUT2D eigenvalue weighted by Crippen LogP contribution is -2.53. The Bertz CT molecular complexity index is 801. The van der Waals surface area contributed by atoms with Crippen molar-refractivity contribution in [3.63, 3.8) is 0 Å². The molecular formula is C25H35N3O3. The molecule has 2 heterocycles. The van der Waals surface area contributed by atoms with Gasteiger partial charge in [0.15, 0.2) is 0 Å². The van der Waals surface area contributed by atoms with Gasteiger partial charge in [0.05, 0.1) is 0 Å². The zero-order valence-electron chi connectivity index (χ0n) is 18.8. The number of carbonyl (C=O) groups excluding carboxylic acids is 3. The van der Waals surface area contributed by atoms with Gasteiger partial charge in [-0.2, -0.15) is 0 Å². The van der Waals surface area contributed by atoms with E-state index in [2.05, 4.69) is 5.32 Å². The smallest absolute Gasteiger partial charge is 0.254 e. The fourth-order valence-electron chi connectivity index (χ4n) is 5.68. The molecular weight excluding hydrogens is 390 g/mol. The Morgan fingerprint density at radius 1 is 0.968 bits per heavy atom. The predicted molar refractivity (Wildman–Crippen MR) is 119 cm³/mol. The van der Waals surface area contributed by atoms with E-state index in [0.29, 0.717) is 37.4 Å². The summed E-state index contributed by atoms with van der Waals surface area (Å²) in [6, 6.07) is 9.29. The molecule has 3 unspecified atom stereocenters. The highest BCUT2D eigenvalue weighted by atomic mass is 16.2. The van der Waals surface area contributed by atoms with Gasteiger partial charge in [-0.1, -0.05) is 31.0 Å². The van der Waals surface area contributed by atoms with Gasteiger partial charge in [-0.05, 0) is 64.0 Å². The van der Waals surface area contributed by atoms with Gasteiger partial charge in [0.25, 0.3) is 5.91 Å². The third kappa shape index (κ3) is 4.63. The number of likely N-dealkylation sites (tertiary alicyclic amines) is 2. The third-order valence-corrected chi connectivity index (χ3v) is 7.24. The van der Waals surface area contributed by atoms with Gasteiger partial charge in [-0.3, -0.25) is 14.4 Å².